The van der Waals surface area contributed by atoms with E-state index in [0.29, 0.717) is 5.56 Å². The summed E-state index contributed by atoms with van der Waals surface area (Å²) in [5.74, 6) is -0.343. The first-order chi connectivity index (χ1) is 8.43. The minimum atomic E-state index is -1.42. The molecule has 0 amide bonds. The van der Waals surface area contributed by atoms with Crippen LogP contribution in [0.15, 0.2) is 42.5 Å². The fourth-order valence-corrected chi connectivity index (χ4v) is 2.20. The highest BCUT2D eigenvalue weighted by Gasteiger charge is 2.33. The van der Waals surface area contributed by atoms with Crippen LogP contribution in [0.2, 0.25) is 0 Å². The van der Waals surface area contributed by atoms with Gasteiger partial charge in [0.2, 0.25) is 0 Å². The summed E-state index contributed by atoms with van der Waals surface area (Å²) in [6.07, 6.45) is 0. The lowest BCUT2D eigenvalue weighted by atomic mass is 9.85. The van der Waals surface area contributed by atoms with Gasteiger partial charge in [0, 0.05) is 5.92 Å². The summed E-state index contributed by atoms with van der Waals surface area (Å²) in [4.78, 5) is 12.1. The third-order valence-corrected chi connectivity index (χ3v) is 3.32. The van der Waals surface area contributed by atoms with Crippen LogP contribution >= 0.6 is 0 Å². The number of carbonyl (C=O) groups is 1. The molecule has 94 valence electrons. The maximum absolute atomic E-state index is 12.1. The Morgan fingerprint density at radius 3 is 2.33 bits per heavy atom. The SMILES string of the molecule is CC(C)C(=O)C(C)(O)c1ccc2ccccc2c1. The van der Waals surface area contributed by atoms with Crippen LogP contribution in [-0.2, 0) is 10.4 Å². The van der Waals surface area contributed by atoms with Crippen LogP contribution < -0.4 is 0 Å². The predicted octanol–water partition coefficient (Wildman–Crippen LogP) is 3.27. The van der Waals surface area contributed by atoms with Gasteiger partial charge in [-0.3, -0.25) is 4.79 Å². The van der Waals surface area contributed by atoms with E-state index in [0.717, 1.165) is 10.8 Å². The maximum Gasteiger partial charge on any atom is 0.171 e. The van der Waals surface area contributed by atoms with E-state index in [1.165, 1.54) is 0 Å². The molecule has 2 aromatic rings. The first-order valence-corrected chi connectivity index (χ1v) is 6.19. The molecule has 0 spiro atoms. The van der Waals surface area contributed by atoms with Crippen molar-refractivity contribution in [1.29, 1.82) is 0 Å². The maximum atomic E-state index is 12.1. The first kappa shape index (κ1) is 12.8. The number of rotatable bonds is 3. The second kappa shape index (κ2) is 4.54. The van der Waals surface area contributed by atoms with Gasteiger partial charge in [-0.05, 0) is 29.3 Å². The number of benzene rings is 2. The Bertz CT molecular complexity index is 582. The van der Waals surface area contributed by atoms with Crippen molar-refractivity contribution in [2.24, 2.45) is 5.92 Å². The summed E-state index contributed by atoms with van der Waals surface area (Å²) in [7, 11) is 0. The summed E-state index contributed by atoms with van der Waals surface area (Å²) in [6, 6.07) is 13.6. The normalized spacial score (nSPS) is 14.7. The van der Waals surface area contributed by atoms with Crippen LogP contribution in [0.3, 0.4) is 0 Å². The highest BCUT2D eigenvalue weighted by molar-refractivity contribution is 5.91. The Morgan fingerprint density at radius 1 is 1.11 bits per heavy atom. The molecule has 0 fully saturated rings. The van der Waals surface area contributed by atoms with Gasteiger partial charge in [0.1, 0.15) is 5.60 Å². The zero-order valence-corrected chi connectivity index (χ0v) is 11.0. The Kier molecular flexibility index (Phi) is 3.22. The fourth-order valence-electron chi connectivity index (χ4n) is 2.20. The topological polar surface area (TPSA) is 37.3 Å². The van der Waals surface area contributed by atoms with Crippen LogP contribution in [0.4, 0.5) is 0 Å². The molecular formula is C16H18O2. The lowest BCUT2D eigenvalue weighted by molar-refractivity contribution is -0.139. The van der Waals surface area contributed by atoms with E-state index in [1.54, 1.807) is 20.8 Å². The summed E-state index contributed by atoms with van der Waals surface area (Å²) >= 11 is 0. The Hall–Kier alpha value is -1.67. The molecule has 0 heterocycles. The number of hydrogen-bond acceptors (Lipinski definition) is 2. The zero-order chi connectivity index (χ0) is 13.3. The van der Waals surface area contributed by atoms with Crippen molar-refractivity contribution >= 4 is 16.6 Å². The highest BCUT2D eigenvalue weighted by atomic mass is 16.3. The molecule has 1 atom stereocenters. The van der Waals surface area contributed by atoms with Crippen molar-refractivity contribution in [3.63, 3.8) is 0 Å². The van der Waals surface area contributed by atoms with Gasteiger partial charge >= 0.3 is 0 Å². The van der Waals surface area contributed by atoms with Crippen molar-refractivity contribution < 1.29 is 9.90 Å². The van der Waals surface area contributed by atoms with Crippen LogP contribution in [0.5, 0.6) is 0 Å². The lowest BCUT2D eigenvalue weighted by Crippen LogP contribution is -2.35. The molecule has 2 heteroatoms. The highest BCUT2D eigenvalue weighted by Crippen LogP contribution is 2.27. The summed E-state index contributed by atoms with van der Waals surface area (Å²) in [6.45, 7) is 5.18. The summed E-state index contributed by atoms with van der Waals surface area (Å²) in [5, 5.41) is 12.6. The van der Waals surface area contributed by atoms with E-state index in [1.807, 2.05) is 42.5 Å². The standard InChI is InChI=1S/C16H18O2/c1-11(2)15(17)16(3,18)14-9-8-12-6-4-5-7-13(12)10-14/h4-11,18H,1-3H3. The number of aliphatic hydroxyl groups is 1. The van der Waals surface area contributed by atoms with Gasteiger partial charge < -0.3 is 5.11 Å². The Labute approximate surface area is 107 Å². The number of ketones is 1. The quantitative estimate of drug-likeness (QED) is 0.896. The predicted molar refractivity (Wildman–Crippen MR) is 73.4 cm³/mol. The molecule has 0 saturated carbocycles. The molecule has 2 rings (SSSR count). The molecule has 0 bridgehead atoms. The second-order valence-corrected chi connectivity index (χ2v) is 5.15. The minimum Gasteiger partial charge on any atom is -0.378 e. The molecule has 0 aliphatic rings. The molecule has 1 N–H and O–H groups in total. The molecule has 0 radical (unpaired) electrons. The zero-order valence-electron chi connectivity index (χ0n) is 11.0. The monoisotopic (exact) mass is 242 g/mol. The van der Waals surface area contributed by atoms with E-state index in [9.17, 15) is 9.90 Å². The molecule has 0 saturated heterocycles. The van der Waals surface area contributed by atoms with Crippen LogP contribution in [-0.4, -0.2) is 10.9 Å². The van der Waals surface area contributed by atoms with Gasteiger partial charge in [-0.1, -0.05) is 50.2 Å². The van der Waals surface area contributed by atoms with Crippen molar-refractivity contribution in [3.8, 4) is 0 Å². The van der Waals surface area contributed by atoms with E-state index in [2.05, 4.69) is 0 Å². The Balaban J connectivity index is 2.50. The van der Waals surface area contributed by atoms with Gasteiger partial charge in [-0.15, -0.1) is 0 Å². The van der Waals surface area contributed by atoms with E-state index in [4.69, 9.17) is 0 Å². The average Bonchev–Trinajstić information content (AvgIpc) is 2.37. The van der Waals surface area contributed by atoms with Crippen molar-refractivity contribution in [3.05, 3.63) is 48.0 Å². The average molecular weight is 242 g/mol. The molecule has 2 nitrogen and oxygen atoms in total. The van der Waals surface area contributed by atoms with E-state index < -0.39 is 5.60 Å². The molecule has 18 heavy (non-hydrogen) atoms. The summed E-state index contributed by atoms with van der Waals surface area (Å²) in [5.41, 5.74) is -0.766. The third kappa shape index (κ3) is 2.16. The number of fused-ring (bicyclic) bond motifs is 1. The number of carbonyl (C=O) groups excluding carboxylic acids is 1. The number of hydrogen-bond donors (Lipinski definition) is 1. The van der Waals surface area contributed by atoms with Crippen molar-refractivity contribution in [2.75, 3.05) is 0 Å². The fraction of sp³-hybridized carbons (Fsp3) is 0.312. The first-order valence-electron chi connectivity index (χ1n) is 6.19. The lowest BCUT2D eigenvalue weighted by Gasteiger charge is -2.24. The van der Waals surface area contributed by atoms with Crippen molar-refractivity contribution in [1.82, 2.24) is 0 Å². The van der Waals surface area contributed by atoms with Crippen LogP contribution in [0.25, 0.3) is 10.8 Å². The molecule has 1 unspecified atom stereocenters. The van der Waals surface area contributed by atoms with Crippen LogP contribution in [0, 0.1) is 5.92 Å². The van der Waals surface area contributed by atoms with Crippen molar-refractivity contribution in [2.45, 2.75) is 26.4 Å². The van der Waals surface area contributed by atoms with Gasteiger partial charge in [0.15, 0.2) is 5.78 Å². The molecule has 0 aromatic heterocycles. The Morgan fingerprint density at radius 2 is 1.72 bits per heavy atom. The van der Waals surface area contributed by atoms with Gasteiger partial charge in [0.05, 0.1) is 0 Å². The third-order valence-electron chi connectivity index (χ3n) is 3.32. The second-order valence-electron chi connectivity index (χ2n) is 5.15. The van der Waals surface area contributed by atoms with Gasteiger partial charge in [-0.25, -0.2) is 0 Å². The molecule has 0 aliphatic heterocycles. The van der Waals surface area contributed by atoms with E-state index >= 15 is 0 Å². The molecule has 0 aliphatic carbocycles. The molecule has 2 aromatic carbocycles. The minimum absolute atomic E-state index is 0.155. The largest absolute Gasteiger partial charge is 0.378 e. The van der Waals surface area contributed by atoms with E-state index in [-0.39, 0.29) is 11.7 Å². The smallest absolute Gasteiger partial charge is 0.171 e. The molecular weight excluding hydrogens is 224 g/mol. The van der Waals surface area contributed by atoms with Gasteiger partial charge in [-0.2, -0.15) is 0 Å². The number of Topliss-reactive ketones (excluding diaryl/α,β-unsaturated/α-hetero) is 1. The summed E-state index contributed by atoms with van der Waals surface area (Å²) < 4.78 is 0. The van der Waals surface area contributed by atoms with Gasteiger partial charge in [0.25, 0.3) is 0 Å². The van der Waals surface area contributed by atoms with Crippen LogP contribution in [0.1, 0.15) is 26.3 Å².